The van der Waals surface area contributed by atoms with Crippen LogP contribution in [0, 0.1) is 0 Å². The Bertz CT molecular complexity index is 760. The molecule has 0 saturated heterocycles. The SMILES string of the molecule is COc1ccc(C(=O)NCC(C)(C(=O)O)c2ccccc2)cc1OC. The number of aliphatic carboxylic acids is 1. The molecule has 1 unspecified atom stereocenters. The summed E-state index contributed by atoms with van der Waals surface area (Å²) in [6.45, 7) is 1.54. The van der Waals surface area contributed by atoms with E-state index in [1.165, 1.54) is 14.2 Å². The maximum absolute atomic E-state index is 12.4. The number of benzene rings is 2. The predicted molar refractivity (Wildman–Crippen MR) is 93.3 cm³/mol. The maximum atomic E-state index is 12.4. The van der Waals surface area contributed by atoms with E-state index >= 15 is 0 Å². The van der Waals surface area contributed by atoms with Crippen LogP contribution in [0.15, 0.2) is 48.5 Å². The van der Waals surface area contributed by atoms with Gasteiger partial charge in [0.05, 0.1) is 14.2 Å². The first-order valence-electron chi connectivity index (χ1n) is 7.71. The fourth-order valence-electron chi connectivity index (χ4n) is 2.44. The quantitative estimate of drug-likeness (QED) is 0.807. The molecular formula is C19H21NO5. The monoisotopic (exact) mass is 343 g/mol. The number of hydrogen-bond acceptors (Lipinski definition) is 4. The third-order valence-electron chi connectivity index (χ3n) is 4.13. The lowest BCUT2D eigenvalue weighted by Crippen LogP contribution is -2.44. The van der Waals surface area contributed by atoms with E-state index in [0.29, 0.717) is 22.6 Å². The smallest absolute Gasteiger partial charge is 0.315 e. The molecule has 0 fully saturated rings. The van der Waals surface area contributed by atoms with Gasteiger partial charge in [-0.25, -0.2) is 0 Å². The molecule has 0 aromatic heterocycles. The van der Waals surface area contributed by atoms with Crippen LogP contribution in [0.1, 0.15) is 22.8 Å². The molecule has 0 saturated carbocycles. The van der Waals surface area contributed by atoms with E-state index in [0.717, 1.165) is 0 Å². The summed E-state index contributed by atoms with van der Waals surface area (Å²) in [5.74, 6) is -0.450. The zero-order chi connectivity index (χ0) is 18.4. The van der Waals surface area contributed by atoms with Crippen molar-refractivity contribution in [2.75, 3.05) is 20.8 Å². The normalized spacial score (nSPS) is 12.8. The van der Waals surface area contributed by atoms with Gasteiger partial charge in [-0.2, -0.15) is 0 Å². The van der Waals surface area contributed by atoms with E-state index in [9.17, 15) is 14.7 Å². The number of carbonyl (C=O) groups is 2. The number of carbonyl (C=O) groups excluding carboxylic acids is 1. The van der Waals surface area contributed by atoms with E-state index in [1.54, 1.807) is 49.4 Å². The predicted octanol–water partition coefficient (Wildman–Crippen LogP) is 2.48. The molecule has 1 amide bonds. The van der Waals surface area contributed by atoms with E-state index in [-0.39, 0.29) is 12.5 Å². The standard InChI is InChI=1S/C19H21NO5/c1-19(18(22)23,14-7-5-4-6-8-14)12-20-17(21)13-9-10-15(24-2)16(11-13)25-3/h4-11H,12H2,1-3H3,(H,20,21)(H,22,23). The zero-order valence-electron chi connectivity index (χ0n) is 14.4. The number of ether oxygens (including phenoxy) is 2. The number of hydrogen-bond donors (Lipinski definition) is 2. The Morgan fingerprint density at radius 3 is 2.24 bits per heavy atom. The van der Waals surface area contributed by atoms with Gasteiger partial charge < -0.3 is 19.9 Å². The van der Waals surface area contributed by atoms with Crippen LogP contribution in [0.2, 0.25) is 0 Å². The minimum atomic E-state index is -1.23. The summed E-state index contributed by atoms with van der Waals surface area (Å²) < 4.78 is 10.3. The van der Waals surface area contributed by atoms with Crippen molar-refractivity contribution in [3.63, 3.8) is 0 Å². The second kappa shape index (κ2) is 7.70. The third kappa shape index (κ3) is 3.91. The largest absolute Gasteiger partial charge is 0.493 e. The molecule has 2 aromatic carbocycles. The van der Waals surface area contributed by atoms with Crippen LogP contribution in [0.5, 0.6) is 11.5 Å². The van der Waals surface area contributed by atoms with Gasteiger partial charge >= 0.3 is 5.97 Å². The summed E-state index contributed by atoms with van der Waals surface area (Å²) >= 11 is 0. The Kier molecular flexibility index (Phi) is 5.64. The molecule has 0 aliphatic carbocycles. The van der Waals surface area contributed by atoms with Crippen LogP contribution < -0.4 is 14.8 Å². The van der Waals surface area contributed by atoms with Gasteiger partial charge in [0.1, 0.15) is 5.41 Å². The average molecular weight is 343 g/mol. The first kappa shape index (κ1) is 18.3. The second-order valence-electron chi connectivity index (χ2n) is 5.76. The van der Waals surface area contributed by atoms with Crippen molar-refractivity contribution < 1.29 is 24.2 Å². The van der Waals surface area contributed by atoms with Crippen molar-refractivity contribution in [2.45, 2.75) is 12.3 Å². The highest BCUT2D eigenvalue weighted by molar-refractivity contribution is 5.95. The van der Waals surface area contributed by atoms with Gasteiger partial charge in [0.25, 0.3) is 5.91 Å². The van der Waals surface area contributed by atoms with Crippen LogP contribution in [0.3, 0.4) is 0 Å². The average Bonchev–Trinajstić information content (AvgIpc) is 2.65. The van der Waals surface area contributed by atoms with Crippen molar-refractivity contribution in [1.82, 2.24) is 5.32 Å². The molecule has 2 aromatic rings. The fourth-order valence-corrected chi connectivity index (χ4v) is 2.44. The topological polar surface area (TPSA) is 84.9 Å². The number of carboxylic acid groups (broad SMARTS) is 1. The summed E-state index contributed by atoms with van der Waals surface area (Å²) in [5.41, 5.74) is -0.249. The number of nitrogens with one attached hydrogen (secondary N) is 1. The summed E-state index contributed by atoms with van der Waals surface area (Å²) in [7, 11) is 2.99. The van der Waals surface area contributed by atoms with Gasteiger partial charge in [0.2, 0.25) is 0 Å². The molecular weight excluding hydrogens is 322 g/mol. The lowest BCUT2D eigenvalue weighted by Gasteiger charge is -2.25. The molecule has 0 aliphatic heterocycles. The Hall–Kier alpha value is -3.02. The van der Waals surface area contributed by atoms with Gasteiger partial charge in [0.15, 0.2) is 11.5 Å². The zero-order valence-corrected chi connectivity index (χ0v) is 14.4. The summed E-state index contributed by atoms with van der Waals surface area (Å²) in [6.07, 6.45) is 0. The minimum Gasteiger partial charge on any atom is -0.493 e. The summed E-state index contributed by atoms with van der Waals surface area (Å²) in [6, 6.07) is 13.6. The van der Waals surface area contributed by atoms with Gasteiger partial charge in [-0.15, -0.1) is 0 Å². The molecule has 25 heavy (non-hydrogen) atoms. The second-order valence-corrected chi connectivity index (χ2v) is 5.76. The molecule has 0 bridgehead atoms. The number of carboxylic acids is 1. The van der Waals surface area contributed by atoms with Gasteiger partial charge in [-0.1, -0.05) is 30.3 Å². The Labute approximate surface area is 146 Å². The van der Waals surface area contributed by atoms with Gasteiger partial charge in [0, 0.05) is 12.1 Å². The molecule has 132 valence electrons. The highest BCUT2D eigenvalue weighted by Gasteiger charge is 2.35. The highest BCUT2D eigenvalue weighted by Crippen LogP contribution is 2.28. The molecule has 0 spiro atoms. The first-order chi connectivity index (χ1) is 11.9. The van der Waals surface area contributed by atoms with E-state index in [4.69, 9.17) is 9.47 Å². The Morgan fingerprint density at radius 1 is 1.04 bits per heavy atom. The van der Waals surface area contributed by atoms with E-state index in [1.807, 2.05) is 6.07 Å². The lowest BCUT2D eigenvalue weighted by atomic mass is 9.82. The van der Waals surface area contributed by atoms with Crippen molar-refractivity contribution in [3.8, 4) is 11.5 Å². The van der Waals surface area contributed by atoms with Crippen LogP contribution in [-0.2, 0) is 10.2 Å². The van der Waals surface area contributed by atoms with Gasteiger partial charge in [-0.3, -0.25) is 9.59 Å². The van der Waals surface area contributed by atoms with Crippen LogP contribution in [0.25, 0.3) is 0 Å². The molecule has 2 N–H and O–H groups in total. The molecule has 6 heteroatoms. The van der Waals surface area contributed by atoms with E-state index in [2.05, 4.69) is 5.32 Å². The Balaban J connectivity index is 2.18. The lowest BCUT2D eigenvalue weighted by molar-refractivity contribution is -0.142. The maximum Gasteiger partial charge on any atom is 0.315 e. The number of rotatable bonds is 7. The van der Waals surface area contributed by atoms with Crippen LogP contribution >= 0.6 is 0 Å². The summed E-state index contributed by atoms with van der Waals surface area (Å²) in [5, 5.41) is 12.3. The minimum absolute atomic E-state index is 0.0421. The molecule has 6 nitrogen and oxygen atoms in total. The highest BCUT2D eigenvalue weighted by atomic mass is 16.5. The number of methoxy groups -OCH3 is 2. The van der Waals surface area contributed by atoms with Crippen molar-refractivity contribution >= 4 is 11.9 Å². The van der Waals surface area contributed by atoms with Gasteiger partial charge in [-0.05, 0) is 30.7 Å². The third-order valence-corrected chi connectivity index (χ3v) is 4.13. The summed E-state index contributed by atoms with van der Waals surface area (Å²) in [4.78, 5) is 24.2. The van der Waals surface area contributed by atoms with E-state index < -0.39 is 11.4 Å². The number of amides is 1. The Morgan fingerprint density at radius 2 is 1.68 bits per heavy atom. The molecule has 2 rings (SSSR count). The van der Waals surface area contributed by atoms with Crippen LogP contribution in [-0.4, -0.2) is 37.7 Å². The molecule has 0 aliphatic rings. The molecule has 1 atom stereocenters. The first-order valence-corrected chi connectivity index (χ1v) is 7.71. The molecule has 0 radical (unpaired) electrons. The van der Waals surface area contributed by atoms with Crippen LogP contribution in [0.4, 0.5) is 0 Å². The van der Waals surface area contributed by atoms with Crippen molar-refractivity contribution in [1.29, 1.82) is 0 Å². The fraction of sp³-hybridized carbons (Fsp3) is 0.263. The van der Waals surface area contributed by atoms with Crippen molar-refractivity contribution in [3.05, 3.63) is 59.7 Å². The molecule has 0 heterocycles. The van der Waals surface area contributed by atoms with Crippen molar-refractivity contribution in [2.24, 2.45) is 0 Å².